The van der Waals surface area contributed by atoms with E-state index in [1.54, 1.807) is 55.6 Å². The van der Waals surface area contributed by atoms with Crippen molar-refractivity contribution in [2.45, 2.75) is 6.04 Å². The second-order valence-electron chi connectivity index (χ2n) is 4.20. The Kier molecular flexibility index (Phi) is 4.48. The van der Waals surface area contributed by atoms with E-state index >= 15 is 0 Å². The number of methoxy groups -OCH3 is 1. The summed E-state index contributed by atoms with van der Waals surface area (Å²) < 4.78 is 5.06. The quantitative estimate of drug-likeness (QED) is 0.884. The van der Waals surface area contributed by atoms with Gasteiger partial charge in [0.15, 0.2) is 6.04 Å². The van der Waals surface area contributed by atoms with Gasteiger partial charge in [-0.25, -0.2) is 4.79 Å². The van der Waals surface area contributed by atoms with Gasteiger partial charge in [-0.15, -0.1) is 0 Å². The minimum atomic E-state index is -0.955. The number of carboxylic acid groups (broad SMARTS) is 1. The summed E-state index contributed by atoms with van der Waals surface area (Å²) in [5.41, 5.74) is 1.34. The Morgan fingerprint density at radius 2 is 1.75 bits per heavy atom. The number of halogens is 1. The SMILES string of the molecule is COc1ccc(N[C@@H](C(=O)O)c2ccc(Cl)cc2)cc1. The summed E-state index contributed by atoms with van der Waals surface area (Å²) in [6.07, 6.45) is 0. The zero-order valence-corrected chi connectivity index (χ0v) is 11.6. The summed E-state index contributed by atoms with van der Waals surface area (Å²) in [5.74, 6) is -0.239. The van der Waals surface area contributed by atoms with Crippen molar-refractivity contribution in [2.24, 2.45) is 0 Å². The van der Waals surface area contributed by atoms with Crippen molar-refractivity contribution < 1.29 is 14.6 Å². The minimum Gasteiger partial charge on any atom is -0.497 e. The van der Waals surface area contributed by atoms with Gasteiger partial charge in [0.05, 0.1) is 7.11 Å². The maximum absolute atomic E-state index is 11.4. The Hall–Kier alpha value is -2.20. The summed E-state index contributed by atoms with van der Waals surface area (Å²) in [6, 6.07) is 13.0. The predicted octanol–water partition coefficient (Wildman–Crippen LogP) is 3.59. The third-order valence-electron chi connectivity index (χ3n) is 2.85. The standard InChI is InChI=1S/C15H14ClNO3/c1-20-13-8-6-12(7-9-13)17-14(15(18)19)10-2-4-11(16)5-3-10/h2-9,14,17H,1H3,(H,18,19)/t14-/m1/s1. The largest absolute Gasteiger partial charge is 0.497 e. The number of aliphatic carboxylic acids is 1. The number of hydrogen-bond acceptors (Lipinski definition) is 3. The molecule has 2 N–H and O–H groups in total. The van der Waals surface area contributed by atoms with E-state index in [0.717, 1.165) is 0 Å². The number of rotatable bonds is 5. The number of hydrogen-bond donors (Lipinski definition) is 2. The van der Waals surface area contributed by atoms with E-state index in [4.69, 9.17) is 16.3 Å². The number of anilines is 1. The molecule has 104 valence electrons. The van der Waals surface area contributed by atoms with Crippen molar-refractivity contribution in [3.63, 3.8) is 0 Å². The number of benzene rings is 2. The molecule has 0 heterocycles. The zero-order valence-electron chi connectivity index (χ0n) is 10.8. The molecule has 1 atom stereocenters. The van der Waals surface area contributed by atoms with E-state index in [0.29, 0.717) is 22.0 Å². The molecule has 0 amide bonds. The lowest BCUT2D eigenvalue weighted by atomic mass is 10.1. The molecule has 2 aromatic rings. The van der Waals surface area contributed by atoms with Crippen LogP contribution in [0.2, 0.25) is 5.02 Å². The smallest absolute Gasteiger partial charge is 0.330 e. The fourth-order valence-corrected chi connectivity index (χ4v) is 1.92. The molecule has 0 radical (unpaired) electrons. The number of carboxylic acids is 1. The van der Waals surface area contributed by atoms with Gasteiger partial charge in [0, 0.05) is 10.7 Å². The monoisotopic (exact) mass is 291 g/mol. The summed E-state index contributed by atoms with van der Waals surface area (Å²) in [5, 5.41) is 12.9. The van der Waals surface area contributed by atoms with Crippen molar-refractivity contribution >= 4 is 23.3 Å². The van der Waals surface area contributed by atoms with E-state index in [1.807, 2.05) is 0 Å². The highest BCUT2D eigenvalue weighted by atomic mass is 35.5. The van der Waals surface area contributed by atoms with Gasteiger partial charge in [0.25, 0.3) is 0 Å². The van der Waals surface area contributed by atoms with E-state index in [-0.39, 0.29) is 0 Å². The number of carbonyl (C=O) groups is 1. The van der Waals surface area contributed by atoms with Crippen molar-refractivity contribution in [3.05, 3.63) is 59.1 Å². The van der Waals surface area contributed by atoms with Crippen LogP contribution in [0.25, 0.3) is 0 Å². The zero-order chi connectivity index (χ0) is 14.5. The van der Waals surface area contributed by atoms with E-state index in [9.17, 15) is 9.90 Å². The van der Waals surface area contributed by atoms with Crippen LogP contribution in [-0.4, -0.2) is 18.2 Å². The topological polar surface area (TPSA) is 58.6 Å². The molecule has 0 aromatic heterocycles. The molecule has 0 spiro atoms. The highest BCUT2D eigenvalue weighted by Crippen LogP contribution is 2.23. The first kappa shape index (κ1) is 14.2. The lowest BCUT2D eigenvalue weighted by molar-refractivity contribution is -0.138. The summed E-state index contributed by atoms with van der Waals surface area (Å²) in [4.78, 5) is 11.4. The van der Waals surface area contributed by atoms with Crippen LogP contribution < -0.4 is 10.1 Å². The molecule has 2 aromatic carbocycles. The average Bonchev–Trinajstić information content (AvgIpc) is 2.46. The van der Waals surface area contributed by atoms with Gasteiger partial charge in [0.2, 0.25) is 0 Å². The molecule has 0 saturated heterocycles. The third-order valence-corrected chi connectivity index (χ3v) is 3.10. The summed E-state index contributed by atoms with van der Waals surface area (Å²) >= 11 is 5.81. The van der Waals surface area contributed by atoms with E-state index in [2.05, 4.69) is 5.32 Å². The molecule has 0 bridgehead atoms. The highest BCUT2D eigenvalue weighted by Gasteiger charge is 2.19. The van der Waals surface area contributed by atoms with E-state index in [1.165, 1.54) is 0 Å². The lowest BCUT2D eigenvalue weighted by Crippen LogP contribution is -2.20. The molecule has 0 unspecified atom stereocenters. The van der Waals surface area contributed by atoms with Crippen molar-refractivity contribution in [3.8, 4) is 5.75 Å². The van der Waals surface area contributed by atoms with Crippen LogP contribution in [0.1, 0.15) is 11.6 Å². The lowest BCUT2D eigenvalue weighted by Gasteiger charge is -2.16. The Morgan fingerprint density at radius 3 is 2.25 bits per heavy atom. The third kappa shape index (κ3) is 3.42. The normalized spacial score (nSPS) is 11.7. The van der Waals surface area contributed by atoms with Crippen LogP contribution in [-0.2, 0) is 4.79 Å². The molecule has 0 aliphatic rings. The first-order valence-corrected chi connectivity index (χ1v) is 6.37. The molecule has 0 fully saturated rings. The summed E-state index contributed by atoms with van der Waals surface area (Å²) in [7, 11) is 1.58. The van der Waals surface area contributed by atoms with E-state index < -0.39 is 12.0 Å². The molecule has 2 rings (SSSR count). The maximum Gasteiger partial charge on any atom is 0.330 e. The van der Waals surface area contributed by atoms with Gasteiger partial charge in [-0.05, 0) is 42.0 Å². The molecule has 5 heteroatoms. The average molecular weight is 292 g/mol. The predicted molar refractivity (Wildman–Crippen MR) is 78.4 cm³/mol. The second-order valence-corrected chi connectivity index (χ2v) is 4.63. The van der Waals surface area contributed by atoms with Gasteiger partial charge >= 0.3 is 5.97 Å². The van der Waals surface area contributed by atoms with Crippen LogP contribution in [0, 0.1) is 0 Å². The first-order valence-electron chi connectivity index (χ1n) is 5.99. The van der Waals surface area contributed by atoms with Crippen LogP contribution in [0.4, 0.5) is 5.69 Å². The minimum absolute atomic E-state index is 0.572. The van der Waals surface area contributed by atoms with Crippen molar-refractivity contribution in [1.29, 1.82) is 0 Å². The fraction of sp³-hybridized carbons (Fsp3) is 0.133. The Morgan fingerprint density at radius 1 is 1.15 bits per heavy atom. The molecule has 0 aliphatic carbocycles. The molecular weight excluding hydrogens is 278 g/mol. The van der Waals surface area contributed by atoms with Crippen LogP contribution >= 0.6 is 11.6 Å². The van der Waals surface area contributed by atoms with Gasteiger partial charge in [0.1, 0.15) is 5.75 Å². The molecular formula is C15H14ClNO3. The molecule has 0 aliphatic heterocycles. The van der Waals surface area contributed by atoms with Gasteiger partial charge in [-0.3, -0.25) is 0 Å². The fourth-order valence-electron chi connectivity index (χ4n) is 1.80. The maximum atomic E-state index is 11.4. The van der Waals surface area contributed by atoms with Crippen LogP contribution in [0.3, 0.4) is 0 Å². The Balaban J connectivity index is 2.20. The first-order chi connectivity index (χ1) is 9.60. The number of ether oxygens (including phenoxy) is 1. The Bertz CT molecular complexity index is 581. The molecule has 0 saturated carbocycles. The van der Waals surface area contributed by atoms with Crippen molar-refractivity contribution in [1.82, 2.24) is 0 Å². The second kappa shape index (κ2) is 6.30. The Labute approximate surface area is 122 Å². The van der Waals surface area contributed by atoms with Gasteiger partial charge in [-0.1, -0.05) is 23.7 Å². The number of nitrogens with one attached hydrogen (secondary N) is 1. The van der Waals surface area contributed by atoms with Crippen LogP contribution in [0.15, 0.2) is 48.5 Å². The molecule has 4 nitrogen and oxygen atoms in total. The van der Waals surface area contributed by atoms with Crippen LogP contribution in [0.5, 0.6) is 5.75 Å². The molecule has 20 heavy (non-hydrogen) atoms. The van der Waals surface area contributed by atoms with Crippen molar-refractivity contribution in [2.75, 3.05) is 12.4 Å². The van der Waals surface area contributed by atoms with Gasteiger partial charge < -0.3 is 15.2 Å². The highest BCUT2D eigenvalue weighted by molar-refractivity contribution is 6.30. The van der Waals surface area contributed by atoms with Gasteiger partial charge in [-0.2, -0.15) is 0 Å². The summed E-state index contributed by atoms with van der Waals surface area (Å²) in [6.45, 7) is 0.